The molecule has 4 N–H and O–H groups in total. The Bertz CT molecular complexity index is 808. The number of carbonyl (C=O) groups excluding carboxylic acids is 2. The fraction of sp³-hybridized carbons (Fsp3) is 0.250. The summed E-state index contributed by atoms with van der Waals surface area (Å²) in [4.78, 5) is 34.3. The fourth-order valence-electron chi connectivity index (χ4n) is 2.75. The quantitative estimate of drug-likeness (QED) is 0.709. The lowest BCUT2D eigenvalue weighted by Gasteiger charge is -2.14. The number of hydrogen-bond acceptors (Lipinski definition) is 3. The second-order valence-corrected chi connectivity index (χ2v) is 6.31. The van der Waals surface area contributed by atoms with E-state index in [2.05, 4.69) is 23.5 Å². The number of carbonyl (C=O) groups is 3. The molecule has 2 aromatic rings. The number of aryl methyl sites for hydroxylation is 2. The minimum absolute atomic E-state index is 0.0446. The predicted molar refractivity (Wildman–Crippen MR) is 98.7 cm³/mol. The van der Waals surface area contributed by atoms with Gasteiger partial charge in [0.05, 0.1) is 0 Å². The topological polar surface area (TPSA) is 109 Å². The summed E-state index contributed by atoms with van der Waals surface area (Å²) < 4.78 is 0. The molecular formula is C20H22N2O4. The normalized spacial score (nSPS) is 11.6. The van der Waals surface area contributed by atoms with E-state index in [4.69, 9.17) is 10.8 Å². The Labute approximate surface area is 152 Å². The molecule has 0 heterocycles. The van der Waals surface area contributed by atoms with Crippen LogP contribution in [0.2, 0.25) is 0 Å². The molecule has 2 amide bonds. The highest BCUT2D eigenvalue weighted by atomic mass is 16.4. The first kappa shape index (κ1) is 19.2. The maximum absolute atomic E-state index is 12.3. The number of nitrogens with two attached hydrogens (primary N) is 1. The van der Waals surface area contributed by atoms with Crippen molar-refractivity contribution in [3.8, 4) is 11.1 Å². The molecule has 6 nitrogen and oxygen atoms in total. The van der Waals surface area contributed by atoms with E-state index in [0.29, 0.717) is 5.56 Å². The SMILES string of the molecule is Cc1cc(C)cc(-c2ccc(C(=O)N[C@@H](CCC(=O)O)C(N)=O)cc2)c1. The van der Waals surface area contributed by atoms with Gasteiger partial charge in [-0.3, -0.25) is 14.4 Å². The van der Waals surface area contributed by atoms with Crippen LogP contribution in [0.15, 0.2) is 42.5 Å². The Kier molecular flexibility index (Phi) is 6.11. The standard InChI is InChI=1S/C20H22N2O4/c1-12-9-13(2)11-16(10-12)14-3-5-15(6-4-14)20(26)22-17(19(21)25)7-8-18(23)24/h3-6,9-11,17H,7-8H2,1-2H3,(H2,21,25)(H,22,26)(H,23,24)/t17-/m0/s1. The van der Waals surface area contributed by atoms with Crippen molar-refractivity contribution in [1.82, 2.24) is 5.32 Å². The maximum Gasteiger partial charge on any atom is 0.303 e. The van der Waals surface area contributed by atoms with Crippen LogP contribution in [-0.4, -0.2) is 28.9 Å². The van der Waals surface area contributed by atoms with E-state index in [1.54, 1.807) is 12.1 Å². The third-order valence-corrected chi connectivity index (χ3v) is 4.00. The van der Waals surface area contributed by atoms with E-state index in [1.807, 2.05) is 26.0 Å². The zero-order chi connectivity index (χ0) is 19.3. The first-order valence-electron chi connectivity index (χ1n) is 8.27. The number of hydrogen-bond donors (Lipinski definition) is 3. The van der Waals surface area contributed by atoms with Gasteiger partial charge in [-0.1, -0.05) is 41.5 Å². The molecule has 1 atom stereocenters. The van der Waals surface area contributed by atoms with Crippen LogP contribution in [0.5, 0.6) is 0 Å². The average Bonchev–Trinajstić information content (AvgIpc) is 2.57. The zero-order valence-electron chi connectivity index (χ0n) is 14.8. The number of carboxylic acid groups (broad SMARTS) is 1. The summed E-state index contributed by atoms with van der Waals surface area (Å²) in [6.07, 6.45) is -0.295. The molecule has 2 rings (SSSR count). The third-order valence-electron chi connectivity index (χ3n) is 4.00. The van der Waals surface area contributed by atoms with Crippen LogP contribution in [-0.2, 0) is 9.59 Å². The highest BCUT2D eigenvalue weighted by Crippen LogP contribution is 2.22. The van der Waals surface area contributed by atoms with Crippen molar-refractivity contribution in [2.45, 2.75) is 32.7 Å². The van der Waals surface area contributed by atoms with E-state index in [-0.39, 0.29) is 12.8 Å². The molecule has 136 valence electrons. The van der Waals surface area contributed by atoms with Crippen molar-refractivity contribution in [2.75, 3.05) is 0 Å². The second kappa shape index (κ2) is 8.29. The highest BCUT2D eigenvalue weighted by Gasteiger charge is 2.20. The first-order valence-corrected chi connectivity index (χ1v) is 8.27. The molecule has 0 aliphatic heterocycles. The lowest BCUT2D eigenvalue weighted by Crippen LogP contribution is -2.44. The molecule has 0 aromatic heterocycles. The molecule has 0 spiro atoms. The second-order valence-electron chi connectivity index (χ2n) is 6.31. The zero-order valence-corrected chi connectivity index (χ0v) is 14.8. The van der Waals surface area contributed by atoms with E-state index >= 15 is 0 Å². The number of primary amides is 1. The van der Waals surface area contributed by atoms with Gasteiger partial charge in [-0.15, -0.1) is 0 Å². The fourth-order valence-corrected chi connectivity index (χ4v) is 2.75. The maximum atomic E-state index is 12.3. The van der Waals surface area contributed by atoms with Crippen LogP contribution in [0.1, 0.15) is 34.3 Å². The summed E-state index contributed by atoms with van der Waals surface area (Å²) >= 11 is 0. The monoisotopic (exact) mass is 354 g/mol. The van der Waals surface area contributed by atoms with Crippen LogP contribution >= 0.6 is 0 Å². The van der Waals surface area contributed by atoms with Crippen LogP contribution in [0.4, 0.5) is 0 Å². The van der Waals surface area contributed by atoms with Crippen molar-refractivity contribution >= 4 is 17.8 Å². The van der Waals surface area contributed by atoms with Crippen LogP contribution in [0.3, 0.4) is 0 Å². The molecule has 0 bridgehead atoms. The number of carboxylic acids is 1. The van der Waals surface area contributed by atoms with Gasteiger partial charge in [0.1, 0.15) is 6.04 Å². The van der Waals surface area contributed by atoms with Crippen molar-refractivity contribution < 1.29 is 19.5 Å². The third kappa shape index (κ3) is 5.17. The Morgan fingerprint density at radius 1 is 1.00 bits per heavy atom. The first-order chi connectivity index (χ1) is 12.3. The molecule has 26 heavy (non-hydrogen) atoms. The van der Waals surface area contributed by atoms with Crippen molar-refractivity contribution in [3.63, 3.8) is 0 Å². The lowest BCUT2D eigenvalue weighted by molar-refractivity contribution is -0.137. The number of nitrogens with one attached hydrogen (secondary N) is 1. The van der Waals surface area contributed by atoms with Gasteiger partial charge in [0.2, 0.25) is 5.91 Å². The molecule has 0 unspecified atom stereocenters. The number of rotatable bonds is 7. The van der Waals surface area contributed by atoms with E-state index in [9.17, 15) is 14.4 Å². The summed E-state index contributed by atoms with van der Waals surface area (Å²) in [5, 5.41) is 11.2. The Hall–Kier alpha value is -3.15. The molecule has 6 heteroatoms. The highest BCUT2D eigenvalue weighted by molar-refractivity contribution is 5.97. The molecule has 0 fully saturated rings. The molecular weight excluding hydrogens is 332 g/mol. The van der Waals surface area contributed by atoms with E-state index < -0.39 is 23.8 Å². The van der Waals surface area contributed by atoms with Gasteiger partial charge >= 0.3 is 5.97 Å². The molecule has 0 radical (unpaired) electrons. The van der Waals surface area contributed by atoms with Gasteiger partial charge in [-0.2, -0.15) is 0 Å². The predicted octanol–water partition coefficient (Wildman–Crippen LogP) is 2.42. The minimum atomic E-state index is -1.05. The van der Waals surface area contributed by atoms with Crippen molar-refractivity contribution in [1.29, 1.82) is 0 Å². The number of amides is 2. The molecule has 0 aliphatic carbocycles. The van der Waals surface area contributed by atoms with E-state index in [1.165, 1.54) is 0 Å². The Morgan fingerprint density at radius 2 is 1.58 bits per heavy atom. The average molecular weight is 354 g/mol. The van der Waals surface area contributed by atoms with E-state index in [0.717, 1.165) is 22.3 Å². The largest absolute Gasteiger partial charge is 0.481 e. The van der Waals surface area contributed by atoms with Crippen LogP contribution in [0.25, 0.3) is 11.1 Å². The van der Waals surface area contributed by atoms with Gasteiger partial charge in [-0.05, 0) is 43.5 Å². The van der Waals surface area contributed by atoms with Crippen molar-refractivity contribution in [2.24, 2.45) is 5.73 Å². The Balaban J connectivity index is 2.12. The van der Waals surface area contributed by atoms with Crippen LogP contribution in [0, 0.1) is 13.8 Å². The summed E-state index contributed by atoms with van der Waals surface area (Å²) in [5.74, 6) is -2.28. The summed E-state index contributed by atoms with van der Waals surface area (Å²) in [7, 11) is 0. The lowest BCUT2D eigenvalue weighted by atomic mass is 9.99. The van der Waals surface area contributed by atoms with Gasteiger partial charge in [0.25, 0.3) is 5.91 Å². The Morgan fingerprint density at radius 3 is 2.08 bits per heavy atom. The van der Waals surface area contributed by atoms with Gasteiger partial charge in [0, 0.05) is 12.0 Å². The van der Waals surface area contributed by atoms with Gasteiger partial charge in [-0.25, -0.2) is 0 Å². The molecule has 0 saturated carbocycles. The summed E-state index contributed by atoms with van der Waals surface area (Å²) in [5.41, 5.74) is 9.96. The van der Waals surface area contributed by atoms with Gasteiger partial charge in [0.15, 0.2) is 0 Å². The van der Waals surface area contributed by atoms with Gasteiger partial charge < -0.3 is 16.2 Å². The molecule has 0 saturated heterocycles. The molecule has 0 aliphatic rings. The number of aliphatic carboxylic acids is 1. The summed E-state index contributed by atoms with van der Waals surface area (Å²) in [6, 6.07) is 12.2. The molecule has 2 aromatic carbocycles. The van der Waals surface area contributed by atoms with Crippen molar-refractivity contribution in [3.05, 3.63) is 59.2 Å². The summed E-state index contributed by atoms with van der Waals surface area (Å²) in [6.45, 7) is 4.05. The van der Waals surface area contributed by atoms with Crippen LogP contribution < -0.4 is 11.1 Å². The number of benzene rings is 2. The smallest absolute Gasteiger partial charge is 0.303 e. The minimum Gasteiger partial charge on any atom is -0.481 e.